The Bertz CT molecular complexity index is 1050. The predicted molar refractivity (Wildman–Crippen MR) is 117 cm³/mol. The van der Waals surface area contributed by atoms with Gasteiger partial charge < -0.3 is 20.1 Å². The Balaban J connectivity index is 1.50. The summed E-state index contributed by atoms with van der Waals surface area (Å²) in [6, 6.07) is 3.58. The van der Waals surface area contributed by atoms with E-state index in [4.69, 9.17) is 9.47 Å². The molecule has 1 aromatic rings. The number of carbonyl (C=O) groups is 3. The number of methoxy groups -OCH3 is 1. The van der Waals surface area contributed by atoms with Crippen molar-refractivity contribution >= 4 is 33.6 Å². The minimum absolute atomic E-state index is 0.00310. The van der Waals surface area contributed by atoms with E-state index in [9.17, 15) is 22.8 Å². The average molecular weight is 481 g/mol. The number of hydrogen-bond donors (Lipinski definition) is 2. The van der Waals surface area contributed by atoms with Gasteiger partial charge in [-0.1, -0.05) is 19.3 Å². The molecule has 0 radical (unpaired) electrons. The summed E-state index contributed by atoms with van der Waals surface area (Å²) in [5, 5.41) is 5.35. The lowest BCUT2D eigenvalue weighted by atomic mass is 9.82. The standard InChI is InChI=1S/C21H28N4O7S/c1-31-17-6-5-15(33(29,30)24-9-11-32-12-10-24)13-16(17)22-18(26)14-25-19(27)21(23-20(25)28)7-3-2-4-8-21/h5-6,13H,2-4,7-12,14H2,1H3,(H,22,26)(H,23,28). The van der Waals surface area contributed by atoms with Crippen LogP contribution in [0.5, 0.6) is 5.75 Å². The van der Waals surface area contributed by atoms with Crippen molar-refractivity contribution in [3.05, 3.63) is 18.2 Å². The van der Waals surface area contributed by atoms with E-state index >= 15 is 0 Å². The number of morpholine rings is 1. The third-order valence-electron chi connectivity index (χ3n) is 6.31. The first-order chi connectivity index (χ1) is 15.8. The van der Waals surface area contributed by atoms with Gasteiger partial charge in [0.1, 0.15) is 17.8 Å². The second-order valence-corrected chi connectivity index (χ2v) is 10.3. The molecule has 3 fully saturated rings. The van der Waals surface area contributed by atoms with Crippen molar-refractivity contribution in [3.8, 4) is 5.75 Å². The number of rotatable bonds is 6. The van der Waals surface area contributed by atoms with E-state index in [0.717, 1.165) is 24.2 Å². The van der Waals surface area contributed by atoms with Crippen molar-refractivity contribution in [1.29, 1.82) is 0 Å². The highest BCUT2D eigenvalue weighted by Gasteiger charge is 2.51. The fourth-order valence-electron chi connectivity index (χ4n) is 4.53. The van der Waals surface area contributed by atoms with Gasteiger partial charge in [0.05, 0.1) is 30.9 Å². The van der Waals surface area contributed by atoms with E-state index < -0.39 is 40.0 Å². The molecule has 1 spiro atoms. The molecule has 4 rings (SSSR count). The molecule has 2 saturated heterocycles. The molecule has 180 valence electrons. The van der Waals surface area contributed by atoms with Gasteiger partial charge in [0.2, 0.25) is 15.9 Å². The summed E-state index contributed by atoms with van der Waals surface area (Å²) >= 11 is 0. The first kappa shape index (κ1) is 23.5. The number of ether oxygens (including phenoxy) is 2. The number of benzene rings is 1. The Kier molecular flexibility index (Phi) is 6.59. The number of imide groups is 1. The summed E-state index contributed by atoms with van der Waals surface area (Å²) < 4.78 is 37.7. The number of hydrogen-bond acceptors (Lipinski definition) is 7. The second kappa shape index (κ2) is 9.27. The average Bonchev–Trinajstić information content (AvgIpc) is 3.03. The van der Waals surface area contributed by atoms with Gasteiger partial charge in [-0.05, 0) is 31.0 Å². The van der Waals surface area contributed by atoms with Crippen LogP contribution in [0.3, 0.4) is 0 Å². The van der Waals surface area contributed by atoms with E-state index in [1.165, 1.54) is 29.6 Å². The molecule has 2 heterocycles. The topological polar surface area (TPSA) is 134 Å². The van der Waals surface area contributed by atoms with E-state index in [-0.39, 0.29) is 29.4 Å². The van der Waals surface area contributed by atoms with Crippen LogP contribution in [0.15, 0.2) is 23.1 Å². The van der Waals surface area contributed by atoms with Gasteiger partial charge >= 0.3 is 6.03 Å². The smallest absolute Gasteiger partial charge is 0.325 e. The van der Waals surface area contributed by atoms with E-state index in [1.54, 1.807) is 0 Å². The molecule has 0 bridgehead atoms. The lowest BCUT2D eigenvalue weighted by Crippen LogP contribution is -2.48. The number of urea groups is 1. The number of nitrogens with one attached hydrogen (secondary N) is 2. The molecular weight excluding hydrogens is 452 g/mol. The summed E-state index contributed by atoms with van der Waals surface area (Å²) in [6.45, 7) is 0.628. The van der Waals surface area contributed by atoms with Crippen LogP contribution in [0.2, 0.25) is 0 Å². The molecule has 3 aliphatic rings. The maximum absolute atomic E-state index is 13.0. The second-order valence-electron chi connectivity index (χ2n) is 8.39. The summed E-state index contributed by atoms with van der Waals surface area (Å²) in [5.41, 5.74) is -0.782. The molecule has 11 nitrogen and oxygen atoms in total. The fourth-order valence-corrected chi connectivity index (χ4v) is 5.96. The van der Waals surface area contributed by atoms with Gasteiger partial charge in [0.15, 0.2) is 0 Å². The van der Waals surface area contributed by atoms with E-state index in [1.807, 2.05) is 0 Å². The molecule has 4 amide bonds. The maximum Gasteiger partial charge on any atom is 0.325 e. The van der Waals surface area contributed by atoms with Crippen LogP contribution in [0.25, 0.3) is 0 Å². The first-order valence-electron chi connectivity index (χ1n) is 11.0. The van der Waals surface area contributed by atoms with Gasteiger partial charge in [-0.2, -0.15) is 4.31 Å². The zero-order chi connectivity index (χ0) is 23.6. The van der Waals surface area contributed by atoms with Gasteiger partial charge in [0.25, 0.3) is 5.91 Å². The lowest BCUT2D eigenvalue weighted by Gasteiger charge is -2.30. The number of sulfonamides is 1. The largest absolute Gasteiger partial charge is 0.495 e. The molecule has 1 aromatic carbocycles. The third kappa shape index (κ3) is 4.55. The van der Waals surface area contributed by atoms with Crippen LogP contribution >= 0.6 is 0 Å². The van der Waals surface area contributed by atoms with Crippen molar-refractivity contribution in [2.45, 2.75) is 42.5 Å². The minimum atomic E-state index is -3.79. The van der Waals surface area contributed by atoms with Gasteiger partial charge in [-0.25, -0.2) is 13.2 Å². The maximum atomic E-state index is 13.0. The molecule has 0 unspecified atom stereocenters. The highest BCUT2D eigenvalue weighted by atomic mass is 32.2. The highest BCUT2D eigenvalue weighted by Crippen LogP contribution is 2.34. The quantitative estimate of drug-likeness (QED) is 0.578. The van der Waals surface area contributed by atoms with Crippen LogP contribution in [0, 0.1) is 0 Å². The Morgan fingerprint density at radius 2 is 1.88 bits per heavy atom. The number of anilines is 1. The molecule has 33 heavy (non-hydrogen) atoms. The van der Waals surface area contributed by atoms with Crippen molar-refractivity contribution in [2.24, 2.45) is 0 Å². The fraction of sp³-hybridized carbons (Fsp3) is 0.571. The minimum Gasteiger partial charge on any atom is -0.495 e. The van der Waals surface area contributed by atoms with E-state index in [0.29, 0.717) is 26.1 Å². The molecule has 0 aromatic heterocycles. The van der Waals surface area contributed by atoms with Crippen molar-refractivity contribution < 1.29 is 32.3 Å². The lowest BCUT2D eigenvalue weighted by molar-refractivity contribution is -0.134. The summed E-state index contributed by atoms with van der Waals surface area (Å²) in [7, 11) is -2.39. The van der Waals surface area contributed by atoms with Crippen LogP contribution in [0.4, 0.5) is 10.5 Å². The van der Waals surface area contributed by atoms with Crippen molar-refractivity contribution in [3.63, 3.8) is 0 Å². The number of nitrogens with zero attached hydrogens (tertiary/aromatic N) is 2. The monoisotopic (exact) mass is 480 g/mol. The zero-order valence-electron chi connectivity index (χ0n) is 18.5. The summed E-state index contributed by atoms with van der Waals surface area (Å²) in [5.74, 6) is -0.770. The Labute approximate surface area is 192 Å². The third-order valence-corrected chi connectivity index (χ3v) is 8.20. The van der Waals surface area contributed by atoms with Gasteiger partial charge in [-0.15, -0.1) is 0 Å². The van der Waals surface area contributed by atoms with Gasteiger partial charge in [0, 0.05) is 13.1 Å². The Morgan fingerprint density at radius 3 is 2.55 bits per heavy atom. The first-order valence-corrected chi connectivity index (χ1v) is 12.4. The van der Waals surface area contributed by atoms with Crippen LogP contribution in [0.1, 0.15) is 32.1 Å². The SMILES string of the molecule is COc1ccc(S(=O)(=O)N2CCOCC2)cc1NC(=O)CN1C(=O)NC2(CCCCC2)C1=O. The molecular formula is C21H28N4O7S. The van der Waals surface area contributed by atoms with Crippen LogP contribution in [-0.4, -0.2) is 81.0 Å². The van der Waals surface area contributed by atoms with Crippen molar-refractivity contribution in [1.82, 2.24) is 14.5 Å². The molecule has 2 aliphatic heterocycles. The molecule has 1 saturated carbocycles. The number of amides is 4. The summed E-state index contributed by atoms with van der Waals surface area (Å²) in [6.07, 6.45) is 3.81. The Hall–Kier alpha value is -2.70. The molecule has 0 atom stereocenters. The predicted octanol–water partition coefficient (Wildman–Crippen LogP) is 0.909. The molecule has 12 heteroatoms. The van der Waals surface area contributed by atoms with Crippen molar-refractivity contribution in [2.75, 3.05) is 45.3 Å². The normalized spacial score (nSPS) is 21.2. The Morgan fingerprint density at radius 1 is 1.18 bits per heavy atom. The molecule has 2 N–H and O–H groups in total. The van der Waals surface area contributed by atoms with Crippen LogP contribution < -0.4 is 15.4 Å². The van der Waals surface area contributed by atoms with Gasteiger partial charge in [-0.3, -0.25) is 14.5 Å². The van der Waals surface area contributed by atoms with E-state index in [2.05, 4.69) is 10.6 Å². The summed E-state index contributed by atoms with van der Waals surface area (Å²) in [4.78, 5) is 39.0. The zero-order valence-corrected chi connectivity index (χ0v) is 19.3. The van der Waals surface area contributed by atoms with Crippen LogP contribution in [-0.2, 0) is 24.3 Å². The number of carbonyl (C=O) groups excluding carboxylic acids is 3. The molecule has 1 aliphatic carbocycles. The highest BCUT2D eigenvalue weighted by molar-refractivity contribution is 7.89.